The molecule has 0 aromatic rings. The van der Waals surface area contributed by atoms with Gasteiger partial charge in [-0.15, -0.1) is 0 Å². The molecule has 0 aliphatic heterocycles. The molecule has 0 aliphatic carbocycles. The van der Waals surface area contributed by atoms with E-state index in [0.717, 1.165) is 13.1 Å². The molecule has 1 atom stereocenters. The van der Waals surface area contributed by atoms with Gasteiger partial charge in [-0.25, -0.2) is 0 Å². The first-order chi connectivity index (χ1) is 6.63. The largest absolute Gasteiger partial charge is 0.469 e. The minimum atomic E-state index is -0.436. The van der Waals surface area contributed by atoms with Gasteiger partial charge in [-0.3, -0.25) is 4.79 Å². The van der Waals surface area contributed by atoms with E-state index < -0.39 is 6.10 Å². The van der Waals surface area contributed by atoms with Crippen LogP contribution in [0.4, 0.5) is 0 Å². The van der Waals surface area contributed by atoms with Crippen molar-refractivity contribution in [3.05, 3.63) is 0 Å². The zero-order chi connectivity index (χ0) is 11.0. The highest BCUT2D eigenvalue weighted by Crippen LogP contribution is 2.01. The predicted octanol–water partition coefficient (Wildman–Crippen LogP) is 0.642. The van der Waals surface area contributed by atoms with E-state index >= 15 is 0 Å². The maximum atomic E-state index is 10.8. The number of aliphatic hydroxyl groups excluding tert-OH is 1. The van der Waals surface area contributed by atoms with Gasteiger partial charge in [-0.2, -0.15) is 0 Å². The summed E-state index contributed by atoms with van der Waals surface area (Å²) < 4.78 is 4.49. The number of hydrogen-bond donors (Lipinski definition) is 1. The van der Waals surface area contributed by atoms with Crippen LogP contribution in [0.1, 0.15) is 26.7 Å². The molecular formula is C10H21NO3. The summed E-state index contributed by atoms with van der Waals surface area (Å²) in [5, 5.41) is 9.58. The zero-order valence-electron chi connectivity index (χ0n) is 9.32. The number of nitrogens with zero attached hydrogens (tertiary/aromatic N) is 1. The predicted molar refractivity (Wildman–Crippen MR) is 55.0 cm³/mol. The summed E-state index contributed by atoms with van der Waals surface area (Å²) >= 11 is 0. The van der Waals surface area contributed by atoms with Gasteiger partial charge >= 0.3 is 5.97 Å². The molecule has 4 heteroatoms. The number of methoxy groups -OCH3 is 1. The van der Waals surface area contributed by atoms with Crippen molar-refractivity contribution in [2.45, 2.75) is 32.8 Å². The monoisotopic (exact) mass is 203 g/mol. The average Bonchev–Trinajstić information content (AvgIpc) is 2.22. The summed E-state index contributed by atoms with van der Waals surface area (Å²) in [5.41, 5.74) is 0. The molecule has 14 heavy (non-hydrogen) atoms. The van der Waals surface area contributed by atoms with Gasteiger partial charge in [0.2, 0.25) is 0 Å². The fourth-order valence-corrected chi connectivity index (χ4v) is 1.26. The molecule has 0 bridgehead atoms. The van der Waals surface area contributed by atoms with Crippen LogP contribution in [0.15, 0.2) is 0 Å². The topological polar surface area (TPSA) is 49.8 Å². The van der Waals surface area contributed by atoms with Crippen LogP contribution in [-0.4, -0.2) is 48.8 Å². The van der Waals surface area contributed by atoms with Crippen LogP contribution in [0.25, 0.3) is 0 Å². The highest BCUT2D eigenvalue weighted by atomic mass is 16.5. The Labute approximate surface area is 85.9 Å². The lowest BCUT2D eigenvalue weighted by Crippen LogP contribution is -2.32. The fraction of sp³-hybridized carbons (Fsp3) is 0.900. The van der Waals surface area contributed by atoms with Crippen molar-refractivity contribution in [2.24, 2.45) is 0 Å². The number of carbonyl (C=O) groups excluding carboxylic acids is 1. The minimum absolute atomic E-state index is 0.261. The Kier molecular flexibility index (Phi) is 7.42. The van der Waals surface area contributed by atoms with E-state index in [4.69, 9.17) is 0 Å². The third-order valence-electron chi connectivity index (χ3n) is 2.27. The maximum Gasteiger partial charge on any atom is 0.305 e. The standard InChI is InChI=1S/C10H21NO3/c1-4-11(5-2)8-9(12)6-7-10(13)14-3/h9,12H,4-8H2,1-3H3. The average molecular weight is 203 g/mol. The molecule has 4 nitrogen and oxygen atoms in total. The highest BCUT2D eigenvalue weighted by Gasteiger charge is 2.11. The summed E-state index contributed by atoms with van der Waals surface area (Å²) in [6.45, 7) is 6.58. The molecule has 1 N–H and O–H groups in total. The Morgan fingerprint density at radius 1 is 1.43 bits per heavy atom. The van der Waals surface area contributed by atoms with Gasteiger partial charge in [0.25, 0.3) is 0 Å². The maximum absolute atomic E-state index is 10.8. The van der Waals surface area contributed by atoms with E-state index in [1.807, 2.05) is 0 Å². The summed E-state index contributed by atoms with van der Waals surface area (Å²) in [5.74, 6) is -0.261. The van der Waals surface area contributed by atoms with Crippen molar-refractivity contribution in [2.75, 3.05) is 26.7 Å². The van der Waals surface area contributed by atoms with Crippen molar-refractivity contribution < 1.29 is 14.6 Å². The first-order valence-electron chi connectivity index (χ1n) is 5.11. The molecule has 1 unspecified atom stereocenters. The molecule has 0 aromatic heterocycles. The van der Waals surface area contributed by atoms with Crippen LogP contribution in [0.5, 0.6) is 0 Å². The molecule has 0 rings (SSSR count). The van der Waals surface area contributed by atoms with E-state index in [1.165, 1.54) is 7.11 Å². The lowest BCUT2D eigenvalue weighted by molar-refractivity contribution is -0.141. The van der Waals surface area contributed by atoms with E-state index in [9.17, 15) is 9.90 Å². The molecule has 0 aliphatic rings. The number of likely N-dealkylation sites (N-methyl/N-ethyl adjacent to an activating group) is 1. The summed E-state index contributed by atoms with van der Waals surface area (Å²) in [7, 11) is 1.36. The highest BCUT2D eigenvalue weighted by molar-refractivity contribution is 5.69. The molecular weight excluding hydrogens is 182 g/mol. The lowest BCUT2D eigenvalue weighted by Gasteiger charge is -2.21. The molecule has 0 spiro atoms. The van der Waals surface area contributed by atoms with Crippen LogP contribution < -0.4 is 0 Å². The van der Waals surface area contributed by atoms with Crippen molar-refractivity contribution in [1.82, 2.24) is 4.90 Å². The Morgan fingerprint density at radius 2 is 2.00 bits per heavy atom. The second-order valence-corrected chi connectivity index (χ2v) is 3.25. The third kappa shape index (κ3) is 5.94. The molecule has 0 heterocycles. The van der Waals surface area contributed by atoms with Gasteiger partial charge in [-0.05, 0) is 19.5 Å². The van der Waals surface area contributed by atoms with E-state index in [1.54, 1.807) is 0 Å². The third-order valence-corrected chi connectivity index (χ3v) is 2.27. The zero-order valence-corrected chi connectivity index (χ0v) is 9.32. The first-order valence-corrected chi connectivity index (χ1v) is 5.11. The molecule has 0 saturated carbocycles. The Bertz CT molecular complexity index is 157. The second kappa shape index (κ2) is 7.76. The molecule has 0 fully saturated rings. The number of ether oxygens (including phenoxy) is 1. The Morgan fingerprint density at radius 3 is 2.43 bits per heavy atom. The summed E-state index contributed by atoms with van der Waals surface area (Å²) in [4.78, 5) is 12.9. The number of aliphatic hydroxyl groups is 1. The van der Waals surface area contributed by atoms with Crippen molar-refractivity contribution in [3.63, 3.8) is 0 Å². The lowest BCUT2D eigenvalue weighted by atomic mass is 10.2. The van der Waals surface area contributed by atoms with Gasteiger partial charge in [-0.1, -0.05) is 13.8 Å². The molecule has 0 aromatic carbocycles. The fourth-order valence-electron chi connectivity index (χ4n) is 1.26. The number of rotatable bonds is 7. The van der Waals surface area contributed by atoms with Crippen molar-refractivity contribution >= 4 is 5.97 Å². The van der Waals surface area contributed by atoms with Crippen LogP contribution in [0.2, 0.25) is 0 Å². The van der Waals surface area contributed by atoms with Crippen LogP contribution in [0, 0.1) is 0 Å². The summed E-state index contributed by atoms with van der Waals surface area (Å²) in [6.07, 6.45) is 0.330. The van der Waals surface area contributed by atoms with E-state index in [2.05, 4.69) is 23.5 Å². The quantitative estimate of drug-likeness (QED) is 0.617. The SMILES string of the molecule is CCN(CC)CC(O)CCC(=O)OC. The number of esters is 1. The van der Waals surface area contributed by atoms with Crippen molar-refractivity contribution in [1.29, 1.82) is 0 Å². The van der Waals surface area contributed by atoms with Gasteiger partial charge in [0.15, 0.2) is 0 Å². The van der Waals surface area contributed by atoms with E-state index in [-0.39, 0.29) is 5.97 Å². The first kappa shape index (κ1) is 13.4. The van der Waals surface area contributed by atoms with Gasteiger partial charge in [0.05, 0.1) is 13.2 Å². The molecule has 0 radical (unpaired) electrons. The molecule has 0 saturated heterocycles. The van der Waals surface area contributed by atoms with Crippen LogP contribution >= 0.6 is 0 Å². The van der Waals surface area contributed by atoms with Crippen LogP contribution in [0.3, 0.4) is 0 Å². The number of carbonyl (C=O) groups is 1. The minimum Gasteiger partial charge on any atom is -0.469 e. The number of hydrogen-bond acceptors (Lipinski definition) is 4. The summed E-state index contributed by atoms with van der Waals surface area (Å²) in [6, 6.07) is 0. The van der Waals surface area contributed by atoms with Crippen molar-refractivity contribution in [3.8, 4) is 0 Å². The van der Waals surface area contributed by atoms with Gasteiger partial charge < -0.3 is 14.7 Å². The second-order valence-electron chi connectivity index (χ2n) is 3.25. The van der Waals surface area contributed by atoms with Gasteiger partial charge in [0, 0.05) is 13.0 Å². The normalized spacial score (nSPS) is 12.9. The molecule has 0 amide bonds. The van der Waals surface area contributed by atoms with Gasteiger partial charge in [0.1, 0.15) is 0 Å². The van der Waals surface area contributed by atoms with Crippen LogP contribution in [-0.2, 0) is 9.53 Å². The Balaban J connectivity index is 3.63. The molecule has 84 valence electrons. The Hall–Kier alpha value is -0.610. The van der Waals surface area contributed by atoms with E-state index in [0.29, 0.717) is 19.4 Å². The smallest absolute Gasteiger partial charge is 0.305 e.